The van der Waals surface area contributed by atoms with Gasteiger partial charge in [0.25, 0.3) is 5.56 Å². The van der Waals surface area contributed by atoms with Gasteiger partial charge in [-0.2, -0.15) is 0 Å². The summed E-state index contributed by atoms with van der Waals surface area (Å²) in [7, 11) is 1.30. The first-order valence-corrected chi connectivity index (χ1v) is 11.0. The predicted molar refractivity (Wildman–Crippen MR) is 123 cm³/mol. The molecule has 0 fully saturated rings. The molecule has 0 radical (unpaired) electrons. The van der Waals surface area contributed by atoms with E-state index in [-0.39, 0.29) is 23.1 Å². The SMILES string of the molecule is COC(=O)c1cccc(NC(=O)CSc2nc3ccc(Cl)cc3c(=O)n2CC(C)C)c1. The number of ether oxygens (including phenoxy) is 1. The quantitative estimate of drug-likeness (QED) is 0.323. The molecule has 0 atom stereocenters. The summed E-state index contributed by atoms with van der Waals surface area (Å²) >= 11 is 7.22. The van der Waals surface area contributed by atoms with Crippen LogP contribution < -0.4 is 10.9 Å². The summed E-state index contributed by atoms with van der Waals surface area (Å²) in [6, 6.07) is 11.5. The van der Waals surface area contributed by atoms with E-state index in [1.165, 1.54) is 18.9 Å². The first kappa shape index (κ1) is 22.8. The number of halogens is 1. The van der Waals surface area contributed by atoms with Gasteiger partial charge in [0.1, 0.15) is 0 Å². The Hall–Kier alpha value is -2.84. The van der Waals surface area contributed by atoms with E-state index < -0.39 is 5.97 Å². The maximum Gasteiger partial charge on any atom is 0.337 e. The van der Waals surface area contributed by atoms with Crippen LogP contribution in [0, 0.1) is 5.92 Å². The molecule has 0 saturated heterocycles. The third kappa shape index (κ3) is 5.65. The fraction of sp³-hybridized carbons (Fsp3) is 0.273. The number of aromatic nitrogens is 2. The molecule has 31 heavy (non-hydrogen) atoms. The average Bonchev–Trinajstić information content (AvgIpc) is 2.74. The Morgan fingerprint density at radius 3 is 2.71 bits per heavy atom. The molecule has 2 aromatic carbocycles. The second-order valence-corrected chi connectivity index (χ2v) is 8.65. The summed E-state index contributed by atoms with van der Waals surface area (Å²) in [5.41, 5.74) is 1.17. The Morgan fingerprint density at radius 1 is 1.23 bits per heavy atom. The summed E-state index contributed by atoms with van der Waals surface area (Å²) in [4.78, 5) is 41.7. The summed E-state index contributed by atoms with van der Waals surface area (Å²) in [6.07, 6.45) is 0. The Morgan fingerprint density at radius 2 is 2.00 bits per heavy atom. The maximum absolute atomic E-state index is 13.0. The predicted octanol–water partition coefficient (Wildman–Crippen LogP) is 4.22. The minimum Gasteiger partial charge on any atom is -0.465 e. The van der Waals surface area contributed by atoms with E-state index in [1.54, 1.807) is 47.0 Å². The normalized spacial score (nSPS) is 11.0. The molecular formula is C22H22ClN3O4S. The highest BCUT2D eigenvalue weighted by molar-refractivity contribution is 7.99. The van der Waals surface area contributed by atoms with E-state index in [4.69, 9.17) is 16.3 Å². The van der Waals surface area contributed by atoms with Crippen LogP contribution in [-0.4, -0.2) is 34.3 Å². The van der Waals surface area contributed by atoms with Crippen LogP contribution in [0.4, 0.5) is 5.69 Å². The van der Waals surface area contributed by atoms with Crippen molar-refractivity contribution in [3.8, 4) is 0 Å². The number of carbonyl (C=O) groups excluding carboxylic acids is 2. The number of methoxy groups -OCH3 is 1. The molecule has 1 amide bonds. The van der Waals surface area contributed by atoms with E-state index in [0.29, 0.717) is 38.9 Å². The minimum absolute atomic E-state index is 0.0477. The topological polar surface area (TPSA) is 90.3 Å². The number of anilines is 1. The van der Waals surface area contributed by atoms with E-state index in [0.717, 1.165) is 0 Å². The lowest BCUT2D eigenvalue weighted by Crippen LogP contribution is -2.26. The molecule has 0 spiro atoms. The van der Waals surface area contributed by atoms with Crippen molar-refractivity contribution in [2.75, 3.05) is 18.2 Å². The van der Waals surface area contributed by atoms with Crippen molar-refractivity contribution in [3.63, 3.8) is 0 Å². The molecule has 1 N–H and O–H groups in total. The van der Waals surface area contributed by atoms with E-state index in [1.807, 2.05) is 13.8 Å². The Labute approximate surface area is 188 Å². The van der Waals surface area contributed by atoms with Crippen LogP contribution in [0.1, 0.15) is 24.2 Å². The van der Waals surface area contributed by atoms with Crippen LogP contribution in [0.3, 0.4) is 0 Å². The molecule has 0 aliphatic rings. The van der Waals surface area contributed by atoms with Crippen LogP contribution in [0.15, 0.2) is 52.4 Å². The molecular weight excluding hydrogens is 438 g/mol. The number of esters is 1. The summed E-state index contributed by atoms with van der Waals surface area (Å²) < 4.78 is 6.28. The number of carbonyl (C=O) groups is 2. The molecule has 3 aromatic rings. The lowest BCUT2D eigenvalue weighted by Gasteiger charge is -2.15. The molecule has 1 aromatic heterocycles. The fourth-order valence-electron chi connectivity index (χ4n) is 2.98. The summed E-state index contributed by atoms with van der Waals surface area (Å²) in [6.45, 7) is 4.48. The third-order valence-corrected chi connectivity index (χ3v) is 5.54. The van der Waals surface area contributed by atoms with Gasteiger partial charge in [-0.25, -0.2) is 9.78 Å². The first-order chi connectivity index (χ1) is 14.8. The zero-order valence-corrected chi connectivity index (χ0v) is 18.9. The van der Waals surface area contributed by atoms with Crippen molar-refractivity contribution < 1.29 is 14.3 Å². The van der Waals surface area contributed by atoms with Gasteiger partial charge >= 0.3 is 5.97 Å². The van der Waals surface area contributed by atoms with Gasteiger partial charge in [0, 0.05) is 17.3 Å². The number of nitrogens with zero attached hydrogens (tertiary/aromatic N) is 2. The lowest BCUT2D eigenvalue weighted by molar-refractivity contribution is -0.113. The average molecular weight is 460 g/mol. The maximum atomic E-state index is 13.0. The number of rotatable bonds is 7. The molecule has 0 bridgehead atoms. The molecule has 7 nitrogen and oxygen atoms in total. The number of thioether (sulfide) groups is 1. The molecule has 0 aliphatic carbocycles. The van der Waals surface area contributed by atoms with Gasteiger partial charge in [-0.1, -0.05) is 43.3 Å². The number of fused-ring (bicyclic) bond motifs is 1. The van der Waals surface area contributed by atoms with E-state index in [2.05, 4.69) is 10.3 Å². The van der Waals surface area contributed by atoms with Crippen LogP contribution in [0.5, 0.6) is 0 Å². The van der Waals surface area contributed by atoms with Crippen LogP contribution in [-0.2, 0) is 16.1 Å². The van der Waals surface area contributed by atoms with Crippen LogP contribution >= 0.6 is 23.4 Å². The van der Waals surface area contributed by atoms with E-state index >= 15 is 0 Å². The van der Waals surface area contributed by atoms with Gasteiger partial charge in [-0.15, -0.1) is 0 Å². The summed E-state index contributed by atoms with van der Waals surface area (Å²) in [5, 5.41) is 4.13. The number of benzene rings is 2. The highest BCUT2D eigenvalue weighted by atomic mass is 35.5. The second kappa shape index (κ2) is 9.98. The van der Waals surface area contributed by atoms with Crippen molar-refractivity contribution in [1.29, 1.82) is 0 Å². The number of amides is 1. The van der Waals surface area contributed by atoms with Crippen molar-refractivity contribution in [2.45, 2.75) is 25.5 Å². The molecule has 0 unspecified atom stereocenters. The van der Waals surface area contributed by atoms with Gasteiger partial charge in [0.15, 0.2) is 5.16 Å². The Bertz CT molecular complexity index is 1190. The molecule has 9 heteroatoms. The highest BCUT2D eigenvalue weighted by Gasteiger charge is 2.15. The standard InChI is InChI=1S/C22H22ClN3O4S/c1-13(2)11-26-20(28)17-10-15(23)7-8-18(17)25-22(26)31-12-19(27)24-16-6-4-5-14(9-16)21(29)30-3/h4-10,13H,11-12H2,1-3H3,(H,24,27). The van der Waals surface area contributed by atoms with Gasteiger partial charge in [-0.05, 0) is 42.3 Å². The third-order valence-electron chi connectivity index (χ3n) is 4.33. The zero-order valence-electron chi connectivity index (χ0n) is 17.3. The molecule has 0 saturated carbocycles. The summed E-state index contributed by atoms with van der Waals surface area (Å²) in [5.74, 6) is -0.505. The fourth-order valence-corrected chi connectivity index (χ4v) is 3.96. The van der Waals surface area contributed by atoms with Gasteiger partial charge in [-0.3, -0.25) is 14.2 Å². The number of hydrogen-bond donors (Lipinski definition) is 1. The smallest absolute Gasteiger partial charge is 0.337 e. The molecule has 0 aliphatic heterocycles. The monoisotopic (exact) mass is 459 g/mol. The van der Waals surface area contributed by atoms with Gasteiger partial charge in [0.2, 0.25) is 5.91 Å². The minimum atomic E-state index is -0.483. The van der Waals surface area contributed by atoms with Crippen molar-refractivity contribution in [3.05, 3.63) is 63.4 Å². The molecule has 162 valence electrons. The van der Waals surface area contributed by atoms with Crippen LogP contribution in [0.2, 0.25) is 5.02 Å². The van der Waals surface area contributed by atoms with E-state index in [9.17, 15) is 14.4 Å². The largest absolute Gasteiger partial charge is 0.465 e. The van der Waals surface area contributed by atoms with Crippen LogP contribution in [0.25, 0.3) is 10.9 Å². The lowest BCUT2D eigenvalue weighted by atomic mass is 10.2. The van der Waals surface area contributed by atoms with Crippen molar-refractivity contribution in [1.82, 2.24) is 9.55 Å². The Kier molecular flexibility index (Phi) is 7.35. The molecule has 3 rings (SSSR count). The number of nitrogens with one attached hydrogen (secondary N) is 1. The Balaban J connectivity index is 1.81. The van der Waals surface area contributed by atoms with Crippen molar-refractivity contribution in [2.24, 2.45) is 5.92 Å². The second-order valence-electron chi connectivity index (χ2n) is 7.27. The first-order valence-electron chi connectivity index (χ1n) is 9.59. The van der Waals surface area contributed by atoms with Gasteiger partial charge in [0.05, 0.1) is 29.3 Å². The zero-order chi connectivity index (χ0) is 22.5. The van der Waals surface area contributed by atoms with Gasteiger partial charge < -0.3 is 10.1 Å². The van der Waals surface area contributed by atoms with Crippen molar-refractivity contribution >= 4 is 51.8 Å². The highest BCUT2D eigenvalue weighted by Crippen LogP contribution is 2.21. The molecule has 1 heterocycles. The number of hydrogen-bond acceptors (Lipinski definition) is 6.